The Bertz CT molecular complexity index is 371. The Morgan fingerprint density at radius 1 is 1.26 bits per heavy atom. The first-order valence-electron chi connectivity index (χ1n) is 7.28. The average Bonchev–Trinajstić information content (AvgIpc) is 2.41. The Labute approximate surface area is 116 Å². The molecule has 1 aromatic carbocycles. The number of methoxy groups -OCH3 is 1. The average molecular weight is 262 g/mol. The van der Waals surface area contributed by atoms with Crippen LogP contribution in [0.4, 0.5) is 0 Å². The van der Waals surface area contributed by atoms with Crippen LogP contribution in [0.5, 0.6) is 5.75 Å². The molecule has 1 aliphatic rings. The molecule has 1 fully saturated rings. The maximum absolute atomic E-state index is 5.19. The molecule has 0 spiro atoms. The summed E-state index contributed by atoms with van der Waals surface area (Å²) < 4.78 is 5.19. The van der Waals surface area contributed by atoms with Gasteiger partial charge in [-0.2, -0.15) is 0 Å². The second-order valence-electron chi connectivity index (χ2n) is 5.49. The van der Waals surface area contributed by atoms with E-state index in [0.29, 0.717) is 6.04 Å². The highest BCUT2D eigenvalue weighted by Crippen LogP contribution is 2.37. The van der Waals surface area contributed by atoms with Gasteiger partial charge in [0.15, 0.2) is 0 Å². The summed E-state index contributed by atoms with van der Waals surface area (Å²) in [5.41, 5.74) is 1.45. The van der Waals surface area contributed by atoms with Gasteiger partial charge in [-0.1, -0.05) is 19.1 Å². The summed E-state index contributed by atoms with van der Waals surface area (Å²) in [5.74, 6) is 1.67. The predicted octanol–water partition coefficient (Wildman–Crippen LogP) is 2.48. The number of benzene rings is 1. The molecule has 1 N–H and O–H groups in total. The van der Waals surface area contributed by atoms with Crippen LogP contribution >= 0.6 is 0 Å². The van der Waals surface area contributed by atoms with Crippen molar-refractivity contribution >= 4 is 0 Å². The molecule has 0 bridgehead atoms. The highest BCUT2D eigenvalue weighted by Gasteiger charge is 2.29. The Kier molecular flexibility index (Phi) is 5.23. The topological polar surface area (TPSA) is 24.5 Å². The minimum absolute atomic E-state index is 0.706. The largest absolute Gasteiger partial charge is 0.497 e. The lowest BCUT2D eigenvalue weighted by Gasteiger charge is -2.36. The molecule has 0 amide bonds. The van der Waals surface area contributed by atoms with Crippen molar-refractivity contribution in [3.8, 4) is 5.75 Å². The highest BCUT2D eigenvalue weighted by molar-refractivity contribution is 5.30. The van der Waals surface area contributed by atoms with Gasteiger partial charge in [0.2, 0.25) is 0 Å². The van der Waals surface area contributed by atoms with E-state index in [2.05, 4.69) is 48.5 Å². The van der Waals surface area contributed by atoms with Crippen molar-refractivity contribution in [1.29, 1.82) is 0 Å². The molecule has 0 unspecified atom stereocenters. The minimum Gasteiger partial charge on any atom is -0.497 e. The SMILES string of the molecule is CCN(C)CCNC1CC(c2ccc(OC)cc2)C1. The van der Waals surface area contributed by atoms with Crippen molar-refractivity contribution in [1.82, 2.24) is 10.2 Å². The maximum Gasteiger partial charge on any atom is 0.118 e. The molecular formula is C16H26N2O. The molecule has 3 nitrogen and oxygen atoms in total. The van der Waals surface area contributed by atoms with Crippen LogP contribution in [0, 0.1) is 0 Å². The second-order valence-corrected chi connectivity index (χ2v) is 5.49. The zero-order chi connectivity index (χ0) is 13.7. The lowest BCUT2D eigenvalue weighted by atomic mass is 9.76. The van der Waals surface area contributed by atoms with E-state index in [1.54, 1.807) is 7.11 Å². The molecule has 0 atom stereocenters. The van der Waals surface area contributed by atoms with Crippen LogP contribution in [0.3, 0.4) is 0 Å². The van der Waals surface area contributed by atoms with Gasteiger partial charge in [-0.05, 0) is 50.0 Å². The van der Waals surface area contributed by atoms with Gasteiger partial charge in [-0.15, -0.1) is 0 Å². The fourth-order valence-corrected chi connectivity index (χ4v) is 2.55. The first kappa shape index (κ1) is 14.4. The van der Waals surface area contributed by atoms with E-state index in [4.69, 9.17) is 4.74 Å². The fourth-order valence-electron chi connectivity index (χ4n) is 2.55. The van der Waals surface area contributed by atoms with Crippen LogP contribution < -0.4 is 10.1 Å². The Hall–Kier alpha value is -1.06. The molecule has 1 aromatic rings. The van der Waals surface area contributed by atoms with Crippen molar-refractivity contribution in [2.24, 2.45) is 0 Å². The molecule has 0 radical (unpaired) electrons. The van der Waals surface area contributed by atoms with Crippen LogP contribution in [0.15, 0.2) is 24.3 Å². The standard InChI is InChI=1S/C16H26N2O/c1-4-18(2)10-9-17-15-11-14(12-15)13-5-7-16(19-3)8-6-13/h5-8,14-15,17H,4,9-12H2,1-3H3. The van der Waals surface area contributed by atoms with Gasteiger partial charge in [-0.3, -0.25) is 0 Å². The smallest absolute Gasteiger partial charge is 0.118 e. The summed E-state index contributed by atoms with van der Waals surface area (Å²) in [6.07, 6.45) is 2.53. The third-order valence-corrected chi connectivity index (χ3v) is 4.19. The monoisotopic (exact) mass is 262 g/mol. The van der Waals surface area contributed by atoms with E-state index in [9.17, 15) is 0 Å². The number of nitrogens with one attached hydrogen (secondary N) is 1. The Morgan fingerprint density at radius 2 is 1.95 bits per heavy atom. The number of likely N-dealkylation sites (N-methyl/N-ethyl adjacent to an activating group) is 1. The van der Waals surface area contributed by atoms with Crippen LogP contribution in [-0.2, 0) is 0 Å². The number of nitrogens with zero attached hydrogens (tertiary/aromatic N) is 1. The van der Waals surface area contributed by atoms with Gasteiger partial charge in [0, 0.05) is 19.1 Å². The zero-order valence-electron chi connectivity index (χ0n) is 12.4. The maximum atomic E-state index is 5.19. The van der Waals surface area contributed by atoms with Crippen LogP contribution in [0.1, 0.15) is 31.2 Å². The summed E-state index contributed by atoms with van der Waals surface area (Å²) >= 11 is 0. The minimum atomic E-state index is 0.706. The van der Waals surface area contributed by atoms with E-state index in [1.165, 1.54) is 18.4 Å². The zero-order valence-corrected chi connectivity index (χ0v) is 12.4. The van der Waals surface area contributed by atoms with Crippen molar-refractivity contribution in [3.05, 3.63) is 29.8 Å². The van der Waals surface area contributed by atoms with E-state index in [0.717, 1.165) is 31.3 Å². The summed E-state index contributed by atoms with van der Waals surface area (Å²) in [6, 6.07) is 9.23. The van der Waals surface area contributed by atoms with Gasteiger partial charge in [-0.25, -0.2) is 0 Å². The lowest BCUT2D eigenvalue weighted by molar-refractivity contribution is 0.270. The quantitative estimate of drug-likeness (QED) is 0.817. The molecular weight excluding hydrogens is 236 g/mol. The van der Waals surface area contributed by atoms with E-state index >= 15 is 0 Å². The fraction of sp³-hybridized carbons (Fsp3) is 0.625. The van der Waals surface area contributed by atoms with Crippen LogP contribution in [0.25, 0.3) is 0 Å². The molecule has 0 heterocycles. The van der Waals surface area contributed by atoms with Crippen LogP contribution in [-0.4, -0.2) is 44.7 Å². The molecule has 19 heavy (non-hydrogen) atoms. The third kappa shape index (κ3) is 3.95. The Morgan fingerprint density at radius 3 is 2.53 bits per heavy atom. The number of rotatable bonds is 7. The summed E-state index contributed by atoms with van der Waals surface area (Å²) in [6.45, 7) is 5.56. The van der Waals surface area contributed by atoms with Crippen molar-refractivity contribution in [3.63, 3.8) is 0 Å². The third-order valence-electron chi connectivity index (χ3n) is 4.19. The molecule has 0 saturated heterocycles. The molecule has 2 rings (SSSR count). The molecule has 1 aliphatic carbocycles. The summed E-state index contributed by atoms with van der Waals surface area (Å²) in [4.78, 5) is 2.34. The normalized spacial score (nSPS) is 22.3. The molecule has 1 saturated carbocycles. The summed E-state index contributed by atoms with van der Waals surface area (Å²) in [5, 5.41) is 3.64. The van der Waals surface area contributed by atoms with E-state index < -0.39 is 0 Å². The van der Waals surface area contributed by atoms with Gasteiger partial charge < -0.3 is 15.0 Å². The first-order valence-corrected chi connectivity index (χ1v) is 7.28. The Balaban J connectivity index is 1.67. The van der Waals surface area contributed by atoms with Crippen molar-refractivity contribution < 1.29 is 4.74 Å². The number of hydrogen-bond acceptors (Lipinski definition) is 3. The number of ether oxygens (including phenoxy) is 1. The van der Waals surface area contributed by atoms with E-state index in [-0.39, 0.29) is 0 Å². The van der Waals surface area contributed by atoms with Crippen molar-refractivity contribution in [2.45, 2.75) is 31.7 Å². The first-order chi connectivity index (χ1) is 9.22. The lowest BCUT2D eigenvalue weighted by Crippen LogP contribution is -2.43. The van der Waals surface area contributed by atoms with Gasteiger partial charge in [0.25, 0.3) is 0 Å². The van der Waals surface area contributed by atoms with Gasteiger partial charge in [0.1, 0.15) is 5.75 Å². The predicted molar refractivity (Wildman–Crippen MR) is 79.9 cm³/mol. The number of hydrogen-bond donors (Lipinski definition) is 1. The molecule has 0 aliphatic heterocycles. The van der Waals surface area contributed by atoms with E-state index in [1.807, 2.05) is 0 Å². The molecule has 106 valence electrons. The van der Waals surface area contributed by atoms with Crippen molar-refractivity contribution in [2.75, 3.05) is 33.8 Å². The molecule has 0 aromatic heterocycles. The van der Waals surface area contributed by atoms with Crippen LogP contribution in [0.2, 0.25) is 0 Å². The second kappa shape index (κ2) is 6.92. The van der Waals surface area contributed by atoms with Gasteiger partial charge >= 0.3 is 0 Å². The highest BCUT2D eigenvalue weighted by atomic mass is 16.5. The van der Waals surface area contributed by atoms with Gasteiger partial charge in [0.05, 0.1) is 7.11 Å². The molecule has 3 heteroatoms. The summed E-state index contributed by atoms with van der Waals surface area (Å²) in [7, 11) is 3.88.